The number of hydrogen-bond acceptors (Lipinski definition) is 0. The largest absolute Gasteiger partial charge is 0.0991 e. The standard InChI is InChI=1S/C10H18.C9H10.C5H8.C4H6/c1-8-6-5-7-10(3,4)9(8)2;1-8(2)9-6-4-3-5-7-9;1-4-5(2)3;1-3-4-2/h6,9H,5,7H2,1-4H3;3-7H,1H2,2H3;4H,1-2H2,3H3;3-4H,1-2H2. The molecule has 1 unspecified atom stereocenters. The Hall–Kier alpha value is -2.34. The highest BCUT2D eigenvalue weighted by molar-refractivity contribution is 5.60. The zero-order valence-corrected chi connectivity index (χ0v) is 19.2. The minimum atomic E-state index is 0.541. The van der Waals surface area contributed by atoms with Crippen LogP contribution in [0, 0.1) is 11.3 Å². The van der Waals surface area contributed by atoms with E-state index < -0.39 is 0 Å². The van der Waals surface area contributed by atoms with Crippen molar-refractivity contribution in [3.05, 3.63) is 104 Å². The van der Waals surface area contributed by atoms with Gasteiger partial charge in [0.2, 0.25) is 0 Å². The third-order valence-corrected chi connectivity index (χ3v) is 4.89. The Morgan fingerprint density at radius 2 is 1.46 bits per heavy atom. The molecule has 28 heavy (non-hydrogen) atoms. The van der Waals surface area contributed by atoms with Crippen LogP contribution in [-0.2, 0) is 0 Å². The van der Waals surface area contributed by atoms with Crippen molar-refractivity contribution >= 4 is 5.57 Å². The van der Waals surface area contributed by atoms with Crippen molar-refractivity contribution in [2.75, 3.05) is 0 Å². The second kappa shape index (κ2) is 15.7. The van der Waals surface area contributed by atoms with E-state index >= 15 is 0 Å². The lowest BCUT2D eigenvalue weighted by Gasteiger charge is -2.35. The van der Waals surface area contributed by atoms with Crippen LogP contribution >= 0.6 is 0 Å². The highest BCUT2D eigenvalue weighted by Gasteiger charge is 2.28. The van der Waals surface area contributed by atoms with Gasteiger partial charge in [0.15, 0.2) is 0 Å². The molecule has 0 bridgehead atoms. The van der Waals surface area contributed by atoms with Gasteiger partial charge in [0.25, 0.3) is 0 Å². The van der Waals surface area contributed by atoms with Crippen LogP contribution in [0.25, 0.3) is 5.57 Å². The fourth-order valence-electron chi connectivity index (χ4n) is 2.40. The summed E-state index contributed by atoms with van der Waals surface area (Å²) in [6.07, 6.45) is 10.0. The van der Waals surface area contributed by atoms with Crippen molar-refractivity contribution in [1.29, 1.82) is 0 Å². The molecule has 0 saturated carbocycles. The van der Waals surface area contributed by atoms with Gasteiger partial charge in [-0.1, -0.05) is 125 Å². The maximum Gasteiger partial charge on any atom is -0.0183 e. The van der Waals surface area contributed by atoms with E-state index in [0.717, 1.165) is 17.1 Å². The van der Waals surface area contributed by atoms with Crippen molar-refractivity contribution in [3.63, 3.8) is 0 Å². The molecule has 0 amide bonds. The lowest BCUT2D eigenvalue weighted by Crippen LogP contribution is -2.25. The number of benzene rings is 1. The van der Waals surface area contributed by atoms with Gasteiger partial charge in [0.1, 0.15) is 0 Å². The molecule has 2 rings (SSSR count). The van der Waals surface area contributed by atoms with E-state index in [1.807, 2.05) is 32.0 Å². The molecule has 0 nitrogen and oxygen atoms in total. The summed E-state index contributed by atoms with van der Waals surface area (Å²) in [5.74, 6) is 0.779. The summed E-state index contributed by atoms with van der Waals surface area (Å²) in [5, 5.41) is 0. The Labute approximate surface area is 175 Å². The van der Waals surface area contributed by atoms with Gasteiger partial charge in [-0.25, -0.2) is 0 Å². The zero-order chi connectivity index (χ0) is 22.2. The molecule has 1 aliphatic rings. The fraction of sp³-hybridized carbons (Fsp3) is 0.357. The second-order valence-corrected chi connectivity index (χ2v) is 7.87. The molecule has 0 aromatic heterocycles. The SMILES string of the molecule is C=C(C)c1ccccc1.C=CC(=C)C.C=CC=C.CC1=CCCC(C)(C)C1C. The van der Waals surface area contributed by atoms with Gasteiger partial charge in [-0.05, 0) is 50.5 Å². The van der Waals surface area contributed by atoms with Crippen LogP contribution in [0.3, 0.4) is 0 Å². The van der Waals surface area contributed by atoms with E-state index in [2.05, 4.69) is 78.8 Å². The van der Waals surface area contributed by atoms with E-state index in [1.165, 1.54) is 18.4 Å². The van der Waals surface area contributed by atoms with Crippen LogP contribution in [0.2, 0.25) is 0 Å². The molecule has 154 valence electrons. The normalized spacial score (nSPS) is 16.1. The van der Waals surface area contributed by atoms with Crippen molar-refractivity contribution < 1.29 is 0 Å². The third kappa shape index (κ3) is 13.8. The summed E-state index contributed by atoms with van der Waals surface area (Å²) in [4.78, 5) is 0. The molecule has 1 aromatic rings. The molecule has 0 heteroatoms. The molecular weight excluding hydrogens is 336 g/mol. The van der Waals surface area contributed by atoms with Crippen LogP contribution in [0.5, 0.6) is 0 Å². The molecule has 1 atom stereocenters. The lowest BCUT2D eigenvalue weighted by atomic mass is 9.70. The molecule has 0 fully saturated rings. The first-order valence-electron chi connectivity index (χ1n) is 9.92. The second-order valence-electron chi connectivity index (χ2n) is 7.87. The predicted octanol–water partition coefficient (Wildman–Crippen LogP) is 9.22. The van der Waals surface area contributed by atoms with Gasteiger partial charge in [0.05, 0.1) is 0 Å². The molecular formula is C28H42. The van der Waals surface area contributed by atoms with Gasteiger partial charge in [-0.2, -0.15) is 0 Å². The number of hydrogen-bond donors (Lipinski definition) is 0. The van der Waals surface area contributed by atoms with Crippen LogP contribution in [-0.4, -0.2) is 0 Å². The molecule has 0 aliphatic heterocycles. The van der Waals surface area contributed by atoms with Crippen LogP contribution in [0.4, 0.5) is 0 Å². The molecule has 1 aromatic carbocycles. The van der Waals surface area contributed by atoms with E-state index in [9.17, 15) is 0 Å². The summed E-state index contributed by atoms with van der Waals surface area (Å²) in [6.45, 7) is 30.8. The Balaban J connectivity index is 0. The van der Waals surface area contributed by atoms with Gasteiger partial charge in [0, 0.05) is 0 Å². The minimum absolute atomic E-state index is 0.541. The van der Waals surface area contributed by atoms with E-state index in [-0.39, 0.29) is 0 Å². The first kappa shape index (κ1) is 27.9. The van der Waals surface area contributed by atoms with Gasteiger partial charge in [-0.15, -0.1) is 0 Å². The van der Waals surface area contributed by atoms with Crippen molar-refractivity contribution in [3.8, 4) is 0 Å². The van der Waals surface area contributed by atoms with Crippen molar-refractivity contribution in [2.45, 2.75) is 54.4 Å². The van der Waals surface area contributed by atoms with Crippen LogP contribution in [0.1, 0.15) is 59.9 Å². The van der Waals surface area contributed by atoms with Gasteiger partial charge >= 0.3 is 0 Å². The molecule has 0 saturated heterocycles. The zero-order valence-electron chi connectivity index (χ0n) is 19.2. The Morgan fingerprint density at radius 1 is 1.00 bits per heavy atom. The lowest BCUT2D eigenvalue weighted by molar-refractivity contribution is 0.231. The number of allylic oxidation sites excluding steroid dienone is 7. The fourth-order valence-corrected chi connectivity index (χ4v) is 2.40. The highest BCUT2D eigenvalue weighted by atomic mass is 14.3. The Kier molecular flexibility index (Phi) is 15.6. The highest BCUT2D eigenvalue weighted by Crippen LogP contribution is 2.40. The van der Waals surface area contributed by atoms with E-state index in [4.69, 9.17) is 0 Å². The van der Waals surface area contributed by atoms with Crippen LogP contribution < -0.4 is 0 Å². The van der Waals surface area contributed by atoms with Crippen LogP contribution in [0.15, 0.2) is 98.7 Å². The predicted molar refractivity (Wildman–Crippen MR) is 132 cm³/mol. The maximum atomic E-state index is 3.83. The first-order valence-corrected chi connectivity index (χ1v) is 9.92. The molecule has 1 aliphatic carbocycles. The minimum Gasteiger partial charge on any atom is -0.0991 e. The summed E-state index contributed by atoms with van der Waals surface area (Å²) < 4.78 is 0. The van der Waals surface area contributed by atoms with E-state index in [0.29, 0.717) is 5.41 Å². The molecule has 0 heterocycles. The van der Waals surface area contributed by atoms with Crippen molar-refractivity contribution in [2.24, 2.45) is 11.3 Å². The summed E-state index contributed by atoms with van der Waals surface area (Å²) in [6, 6.07) is 10.2. The summed E-state index contributed by atoms with van der Waals surface area (Å²) in [7, 11) is 0. The Morgan fingerprint density at radius 3 is 1.71 bits per heavy atom. The number of rotatable bonds is 3. The van der Waals surface area contributed by atoms with E-state index in [1.54, 1.807) is 23.8 Å². The molecule has 0 spiro atoms. The summed E-state index contributed by atoms with van der Waals surface area (Å²) in [5.41, 5.74) is 5.48. The molecule has 0 N–H and O–H groups in total. The van der Waals surface area contributed by atoms with Gasteiger partial charge in [-0.3, -0.25) is 0 Å². The third-order valence-electron chi connectivity index (χ3n) is 4.89. The average molecular weight is 379 g/mol. The smallest absolute Gasteiger partial charge is 0.0183 e. The quantitative estimate of drug-likeness (QED) is 0.363. The monoisotopic (exact) mass is 378 g/mol. The first-order chi connectivity index (χ1) is 13.0. The Bertz CT molecular complexity index is 632. The average Bonchev–Trinajstić information content (AvgIpc) is 2.68. The van der Waals surface area contributed by atoms with Crippen molar-refractivity contribution in [1.82, 2.24) is 0 Å². The molecule has 0 radical (unpaired) electrons. The topological polar surface area (TPSA) is 0 Å². The summed E-state index contributed by atoms with van der Waals surface area (Å²) >= 11 is 0. The van der Waals surface area contributed by atoms with Gasteiger partial charge < -0.3 is 0 Å². The maximum absolute atomic E-state index is 3.83.